The van der Waals surface area contributed by atoms with Gasteiger partial charge in [-0.05, 0) is 66.5 Å². The number of nitrogens with zero attached hydrogens (tertiary/aromatic N) is 1. The van der Waals surface area contributed by atoms with Crippen LogP contribution >= 0.6 is 0 Å². The summed E-state index contributed by atoms with van der Waals surface area (Å²) >= 11 is 0. The van der Waals surface area contributed by atoms with E-state index in [1.165, 1.54) is 24.3 Å². The van der Waals surface area contributed by atoms with E-state index in [1.807, 2.05) is 0 Å². The number of alkyl halides is 3. The highest BCUT2D eigenvalue weighted by Gasteiger charge is 2.38. The van der Waals surface area contributed by atoms with Gasteiger partial charge in [-0.15, -0.1) is 0 Å². The van der Waals surface area contributed by atoms with Crippen LogP contribution in [0.15, 0.2) is 48.5 Å². The van der Waals surface area contributed by atoms with E-state index < -0.39 is 17.8 Å². The summed E-state index contributed by atoms with van der Waals surface area (Å²) in [7, 11) is 0. The Labute approximate surface area is 214 Å². The smallest absolute Gasteiger partial charge is 0.416 e. The molecule has 0 bridgehead atoms. The maximum Gasteiger partial charge on any atom is 0.416 e. The lowest BCUT2D eigenvalue weighted by Gasteiger charge is -2.36. The third kappa shape index (κ3) is 5.37. The van der Waals surface area contributed by atoms with Crippen LogP contribution < -0.4 is 4.74 Å². The van der Waals surface area contributed by atoms with Crippen molar-refractivity contribution in [3.8, 4) is 16.9 Å². The summed E-state index contributed by atoms with van der Waals surface area (Å²) in [6.45, 7) is 4.28. The molecule has 1 N–H and O–H groups in total. The van der Waals surface area contributed by atoms with Gasteiger partial charge in [0.05, 0.1) is 17.4 Å². The minimum absolute atomic E-state index is 0.0497. The zero-order valence-corrected chi connectivity index (χ0v) is 21.0. The number of fused-ring (bicyclic) bond motifs is 1. The first-order valence-electron chi connectivity index (χ1n) is 12.8. The number of aliphatic hydroxyl groups is 1. The second kappa shape index (κ2) is 9.75. The summed E-state index contributed by atoms with van der Waals surface area (Å²) in [6.07, 6.45) is 0.191. The van der Waals surface area contributed by atoms with Crippen molar-refractivity contribution >= 4 is 0 Å². The van der Waals surface area contributed by atoms with Crippen LogP contribution in [0.5, 0.6) is 5.75 Å². The van der Waals surface area contributed by atoms with Gasteiger partial charge in [0, 0.05) is 22.7 Å². The van der Waals surface area contributed by atoms with E-state index in [9.17, 15) is 22.7 Å². The van der Waals surface area contributed by atoms with Gasteiger partial charge >= 0.3 is 6.18 Å². The first-order chi connectivity index (χ1) is 17.5. The second-order valence-corrected chi connectivity index (χ2v) is 11.1. The molecule has 1 aromatic heterocycles. The van der Waals surface area contributed by atoms with E-state index in [-0.39, 0.29) is 23.8 Å². The Kier molecular flexibility index (Phi) is 6.77. The van der Waals surface area contributed by atoms with Crippen LogP contribution in [-0.2, 0) is 19.2 Å². The molecule has 1 saturated carbocycles. The van der Waals surface area contributed by atoms with E-state index in [4.69, 9.17) is 9.72 Å². The highest BCUT2D eigenvalue weighted by Crippen LogP contribution is 2.51. The first-order valence-corrected chi connectivity index (χ1v) is 12.8. The lowest BCUT2D eigenvalue weighted by Crippen LogP contribution is -2.28. The number of rotatable bonds is 5. The normalized spacial score (nSPS) is 19.6. The van der Waals surface area contributed by atoms with Gasteiger partial charge in [-0.3, -0.25) is 4.98 Å². The molecule has 2 aliphatic carbocycles. The van der Waals surface area contributed by atoms with Crippen LogP contribution in [0.25, 0.3) is 11.1 Å². The van der Waals surface area contributed by atoms with Crippen LogP contribution in [0.4, 0.5) is 17.6 Å². The molecule has 1 heterocycles. The third-order valence-electron chi connectivity index (χ3n) is 7.56. The van der Waals surface area contributed by atoms with E-state index in [2.05, 4.69) is 13.8 Å². The van der Waals surface area contributed by atoms with Crippen LogP contribution in [0.1, 0.15) is 86.1 Å². The average Bonchev–Trinajstić information content (AvgIpc) is 3.36. The topological polar surface area (TPSA) is 42.4 Å². The van der Waals surface area contributed by atoms with Crippen molar-refractivity contribution in [1.29, 1.82) is 0 Å². The molecular formula is C30H31F4NO2. The average molecular weight is 514 g/mol. The molecule has 0 aliphatic heterocycles. The summed E-state index contributed by atoms with van der Waals surface area (Å²) in [4.78, 5) is 5.10. The molecule has 1 fully saturated rings. The van der Waals surface area contributed by atoms with Crippen molar-refractivity contribution in [2.24, 2.45) is 5.41 Å². The van der Waals surface area contributed by atoms with Crippen molar-refractivity contribution in [3.05, 3.63) is 82.4 Å². The Balaban J connectivity index is 1.63. The SMILES string of the molecule is CC1(C)Cc2nc(C3CCCC3)c(OCc3ccc(C(F)(F)F)cc3)c(-c3ccc(F)cc3)c2C(O)C1. The Morgan fingerprint density at radius 1 is 1.00 bits per heavy atom. The largest absolute Gasteiger partial charge is 0.486 e. The van der Waals surface area contributed by atoms with Gasteiger partial charge in [-0.1, -0.05) is 51.0 Å². The third-order valence-corrected chi connectivity index (χ3v) is 7.56. The van der Waals surface area contributed by atoms with Gasteiger partial charge in [-0.25, -0.2) is 4.39 Å². The summed E-state index contributed by atoms with van der Waals surface area (Å²) in [5.74, 6) is 0.363. The monoisotopic (exact) mass is 513 g/mol. The van der Waals surface area contributed by atoms with Gasteiger partial charge in [0.15, 0.2) is 0 Å². The highest BCUT2D eigenvalue weighted by atomic mass is 19.4. The van der Waals surface area contributed by atoms with E-state index >= 15 is 0 Å². The van der Waals surface area contributed by atoms with Gasteiger partial charge in [0.1, 0.15) is 18.2 Å². The van der Waals surface area contributed by atoms with Gasteiger partial charge in [0.25, 0.3) is 0 Å². The Hall–Kier alpha value is -2.93. The summed E-state index contributed by atoms with van der Waals surface area (Å²) in [5.41, 5.74) is 3.55. The van der Waals surface area contributed by atoms with Crippen LogP contribution in [0.2, 0.25) is 0 Å². The quantitative estimate of drug-likeness (QED) is 0.350. The number of pyridine rings is 1. The highest BCUT2D eigenvalue weighted by molar-refractivity contribution is 5.77. The maximum atomic E-state index is 13.9. The molecular weight excluding hydrogens is 482 g/mol. The molecule has 3 aromatic rings. The molecule has 5 rings (SSSR count). The number of aromatic nitrogens is 1. The lowest BCUT2D eigenvalue weighted by atomic mass is 9.72. The molecule has 0 spiro atoms. The number of aliphatic hydroxyl groups excluding tert-OH is 1. The number of hydrogen-bond donors (Lipinski definition) is 1. The molecule has 2 aliphatic rings. The molecule has 1 unspecified atom stereocenters. The molecule has 0 radical (unpaired) electrons. The number of ether oxygens (including phenoxy) is 1. The molecule has 0 saturated heterocycles. The lowest BCUT2D eigenvalue weighted by molar-refractivity contribution is -0.137. The van der Waals surface area contributed by atoms with Gasteiger partial charge < -0.3 is 9.84 Å². The van der Waals surface area contributed by atoms with Crippen molar-refractivity contribution < 1.29 is 27.4 Å². The minimum atomic E-state index is -4.41. The fourth-order valence-corrected chi connectivity index (χ4v) is 5.77. The van der Waals surface area contributed by atoms with Crippen LogP contribution in [0.3, 0.4) is 0 Å². The zero-order chi connectivity index (χ0) is 26.4. The fraction of sp³-hybridized carbons (Fsp3) is 0.433. The number of hydrogen-bond acceptors (Lipinski definition) is 3. The maximum absolute atomic E-state index is 13.9. The van der Waals surface area contributed by atoms with E-state index in [0.717, 1.165) is 54.8 Å². The minimum Gasteiger partial charge on any atom is -0.486 e. The predicted octanol–water partition coefficient (Wildman–Crippen LogP) is 8.15. The summed E-state index contributed by atoms with van der Waals surface area (Å²) in [6, 6.07) is 11.1. The Morgan fingerprint density at radius 3 is 2.27 bits per heavy atom. The Bertz CT molecular complexity index is 1260. The zero-order valence-electron chi connectivity index (χ0n) is 21.0. The first kappa shape index (κ1) is 25.7. The molecule has 7 heteroatoms. The van der Waals surface area contributed by atoms with Gasteiger partial charge in [0.2, 0.25) is 0 Å². The van der Waals surface area contributed by atoms with Crippen molar-refractivity contribution in [1.82, 2.24) is 4.98 Å². The molecule has 0 amide bonds. The molecule has 1 atom stereocenters. The number of halogens is 4. The molecule has 2 aromatic carbocycles. The fourth-order valence-electron chi connectivity index (χ4n) is 5.77. The molecule has 37 heavy (non-hydrogen) atoms. The molecule has 3 nitrogen and oxygen atoms in total. The van der Waals surface area contributed by atoms with Crippen molar-refractivity contribution in [2.45, 2.75) is 77.2 Å². The Morgan fingerprint density at radius 2 is 1.65 bits per heavy atom. The standard InChI is InChI=1S/C30H31F4NO2/c1-29(2)15-23-26(24(36)16-29)25(19-9-13-22(31)14-10-19)28(27(35-23)20-5-3-4-6-20)37-17-18-7-11-21(12-8-18)30(32,33)34/h7-14,20,24,36H,3-6,15-17H2,1-2H3. The van der Waals surface area contributed by atoms with Crippen LogP contribution in [0, 0.1) is 11.2 Å². The van der Waals surface area contributed by atoms with E-state index in [0.29, 0.717) is 35.3 Å². The predicted molar refractivity (Wildman–Crippen MR) is 134 cm³/mol. The summed E-state index contributed by atoms with van der Waals surface area (Å²) < 4.78 is 59.3. The molecule has 196 valence electrons. The van der Waals surface area contributed by atoms with Crippen molar-refractivity contribution in [3.63, 3.8) is 0 Å². The van der Waals surface area contributed by atoms with Crippen LogP contribution in [-0.4, -0.2) is 10.1 Å². The number of benzene rings is 2. The van der Waals surface area contributed by atoms with Gasteiger partial charge in [-0.2, -0.15) is 13.2 Å². The second-order valence-electron chi connectivity index (χ2n) is 11.1. The summed E-state index contributed by atoms with van der Waals surface area (Å²) in [5, 5.41) is 11.3. The van der Waals surface area contributed by atoms with Crippen molar-refractivity contribution in [2.75, 3.05) is 0 Å². The van der Waals surface area contributed by atoms with E-state index in [1.54, 1.807) is 12.1 Å².